The standard InChI is InChI=1S/C13H9NO3/c1-2-7-17-12-9-5-3-4-6-11(9)14-8-10(12)13(15)16/h1,3-6,8H,7H2,(H,15,16). The Morgan fingerprint density at radius 1 is 1.47 bits per heavy atom. The Bertz CT molecular complexity index is 614. The first-order valence-corrected chi connectivity index (χ1v) is 4.91. The van der Waals surface area contributed by atoms with Crippen molar-refractivity contribution in [1.29, 1.82) is 0 Å². The highest BCUT2D eigenvalue weighted by Crippen LogP contribution is 2.28. The van der Waals surface area contributed by atoms with Gasteiger partial charge in [0.1, 0.15) is 17.9 Å². The second-order valence-corrected chi connectivity index (χ2v) is 3.32. The van der Waals surface area contributed by atoms with E-state index in [0.29, 0.717) is 10.9 Å². The minimum absolute atomic E-state index is 0.0129. The summed E-state index contributed by atoms with van der Waals surface area (Å²) >= 11 is 0. The molecule has 1 N–H and O–H groups in total. The average Bonchev–Trinajstić information content (AvgIpc) is 2.35. The molecule has 1 aromatic carbocycles. The van der Waals surface area contributed by atoms with Crippen LogP contribution < -0.4 is 4.74 Å². The normalized spacial score (nSPS) is 9.82. The van der Waals surface area contributed by atoms with E-state index >= 15 is 0 Å². The molecule has 4 heteroatoms. The summed E-state index contributed by atoms with van der Waals surface area (Å²) in [6.07, 6.45) is 6.38. The van der Waals surface area contributed by atoms with E-state index in [-0.39, 0.29) is 17.9 Å². The molecule has 0 fully saturated rings. The molecule has 84 valence electrons. The van der Waals surface area contributed by atoms with E-state index in [1.807, 2.05) is 6.07 Å². The van der Waals surface area contributed by atoms with E-state index in [1.54, 1.807) is 18.2 Å². The van der Waals surface area contributed by atoms with Gasteiger partial charge in [-0.25, -0.2) is 4.79 Å². The number of para-hydroxylation sites is 1. The van der Waals surface area contributed by atoms with Gasteiger partial charge < -0.3 is 9.84 Å². The van der Waals surface area contributed by atoms with Crippen molar-refractivity contribution in [2.45, 2.75) is 0 Å². The highest BCUT2D eigenvalue weighted by Gasteiger charge is 2.15. The molecule has 0 bridgehead atoms. The van der Waals surface area contributed by atoms with Gasteiger partial charge in [0.25, 0.3) is 0 Å². The lowest BCUT2D eigenvalue weighted by Crippen LogP contribution is -2.05. The van der Waals surface area contributed by atoms with Crippen LogP contribution in [0.1, 0.15) is 10.4 Å². The summed E-state index contributed by atoms with van der Waals surface area (Å²) in [4.78, 5) is 15.1. The first-order chi connectivity index (χ1) is 8.24. The Morgan fingerprint density at radius 2 is 2.24 bits per heavy atom. The molecule has 1 aromatic heterocycles. The van der Waals surface area contributed by atoms with Crippen LogP contribution in [0.3, 0.4) is 0 Å². The summed E-state index contributed by atoms with van der Waals surface area (Å²) in [6.45, 7) is 0.0221. The fraction of sp³-hybridized carbons (Fsp3) is 0.0769. The van der Waals surface area contributed by atoms with Crippen molar-refractivity contribution in [1.82, 2.24) is 4.98 Å². The third-order valence-electron chi connectivity index (χ3n) is 2.26. The van der Waals surface area contributed by atoms with Crippen LogP contribution in [0.4, 0.5) is 0 Å². The van der Waals surface area contributed by atoms with E-state index in [9.17, 15) is 4.79 Å². The lowest BCUT2D eigenvalue weighted by molar-refractivity contribution is 0.0693. The summed E-state index contributed by atoms with van der Waals surface area (Å²) in [6, 6.07) is 7.14. The quantitative estimate of drug-likeness (QED) is 0.814. The number of carbonyl (C=O) groups is 1. The monoisotopic (exact) mass is 227 g/mol. The van der Waals surface area contributed by atoms with Gasteiger partial charge >= 0.3 is 5.97 Å². The van der Waals surface area contributed by atoms with Crippen LogP contribution >= 0.6 is 0 Å². The van der Waals surface area contributed by atoms with Gasteiger partial charge in [0.2, 0.25) is 0 Å². The number of hydrogen-bond acceptors (Lipinski definition) is 3. The summed E-state index contributed by atoms with van der Waals surface area (Å²) in [7, 11) is 0. The van der Waals surface area contributed by atoms with E-state index < -0.39 is 5.97 Å². The van der Waals surface area contributed by atoms with Crippen molar-refractivity contribution >= 4 is 16.9 Å². The molecule has 0 unspecified atom stereocenters. The van der Waals surface area contributed by atoms with Crippen molar-refractivity contribution in [3.05, 3.63) is 36.0 Å². The lowest BCUT2D eigenvalue weighted by atomic mass is 10.1. The van der Waals surface area contributed by atoms with Gasteiger partial charge in [0, 0.05) is 11.6 Å². The Labute approximate surface area is 97.9 Å². The molecule has 0 aliphatic rings. The molecule has 4 nitrogen and oxygen atoms in total. The summed E-state index contributed by atoms with van der Waals surface area (Å²) in [5.41, 5.74) is 0.684. The molecule has 0 saturated heterocycles. The number of rotatable bonds is 3. The van der Waals surface area contributed by atoms with Crippen LogP contribution in [0, 0.1) is 12.3 Å². The second kappa shape index (κ2) is 4.54. The maximum atomic E-state index is 11.1. The minimum atomic E-state index is -1.09. The number of benzene rings is 1. The Morgan fingerprint density at radius 3 is 2.94 bits per heavy atom. The maximum absolute atomic E-state index is 11.1. The SMILES string of the molecule is C#CCOc1c(C(=O)O)cnc2ccccc12. The number of carboxylic acid groups (broad SMARTS) is 1. The van der Waals surface area contributed by atoms with Gasteiger partial charge in [-0.05, 0) is 12.1 Å². The van der Waals surface area contributed by atoms with Crippen molar-refractivity contribution in [3.8, 4) is 18.1 Å². The molecular formula is C13H9NO3. The largest absolute Gasteiger partial charge is 0.479 e. The average molecular weight is 227 g/mol. The first-order valence-electron chi connectivity index (χ1n) is 4.91. The Balaban J connectivity index is 2.66. The van der Waals surface area contributed by atoms with Gasteiger partial charge in [-0.2, -0.15) is 0 Å². The van der Waals surface area contributed by atoms with Crippen LogP contribution in [0.2, 0.25) is 0 Å². The molecule has 0 atom stereocenters. The predicted octanol–water partition coefficient (Wildman–Crippen LogP) is 1.95. The maximum Gasteiger partial charge on any atom is 0.341 e. The predicted molar refractivity (Wildman–Crippen MR) is 63.0 cm³/mol. The van der Waals surface area contributed by atoms with Crippen LogP contribution in [0.25, 0.3) is 10.9 Å². The molecule has 0 saturated carbocycles. The van der Waals surface area contributed by atoms with Crippen molar-refractivity contribution < 1.29 is 14.6 Å². The van der Waals surface area contributed by atoms with E-state index in [0.717, 1.165) is 0 Å². The molecule has 0 aliphatic carbocycles. The molecule has 2 rings (SSSR count). The van der Waals surface area contributed by atoms with Crippen molar-refractivity contribution in [2.75, 3.05) is 6.61 Å². The first kappa shape index (κ1) is 11.0. The zero-order valence-electron chi connectivity index (χ0n) is 8.88. The van der Waals surface area contributed by atoms with Crippen LogP contribution in [0.15, 0.2) is 30.5 Å². The van der Waals surface area contributed by atoms with Gasteiger partial charge in [0.15, 0.2) is 0 Å². The van der Waals surface area contributed by atoms with Crippen molar-refractivity contribution in [3.63, 3.8) is 0 Å². The molecule has 2 aromatic rings. The zero-order valence-corrected chi connectivity index (χ0v) is 8.88. The summed E-state index contributed by atoms with van der Waals surface area (Å²) in [5.74, 6) is 1.49. The molecule has 17 heavy (non-hydrogen) atoms. The van der Waals surface area contributed by atoms with Gasteiger partial charge in [-0.1, -0.05) is 18.1 Å². The molecule has 0 amide bonds. The van der Waals surface area contributed by atoms with Gasteiger partial charge in [0.05, 0.1) is 5.52 Å². The van der Waals surface area contributed by atoms with Crippen LogP contribution in [-0.2, 0) is 0 Å². The number of ether oxygens (including phenoxy) is 1. The third kappa shape index (κ3) is 2.04. The number of aromatic carboxylic acids is 1. The number of hydrogen-bond donors (Lipinski definition) is 1. The van der Waals surface area contributed by atoms with Crippen molar-refractivity contribution in [2.24, 2.45) is 0 Å². The molecule has 1 heterocycles. The summed E-state index contributed by atoms with van der Waals surface area (Å²) < 4.78 is 5.30. The topological polar surface area (TPSA) is 59.4 Å². The molecule has 0 aliphatic heterocycles. The fourth-order valence-electron chi connectivity index (χ4n) is 1.54. The smallest absolute Gasteiger partial charge is 0.341 e. The number of aromatic nitrogens is 1. The molecule has 0 radical (unpaired) electrons. The third-order valence-corrected chi connectivity index (χ3v) is 2.26. The van der Waals surface area contributed by atoms with Gasteiger partial charge in [-0.3, -0.25) is 4.98 Å². The van der Waals surface area contributed by atoms with Crippen LogP contribution in [0.5, 0.6) is 5.75 Å². The van der Waals surface area contributed by atoms with Gasteiger partial charge in [-0.15, -0.1) is 6.42 Å². The zero-order chi connectivity index (χ0) is 12.3. The molecular weight excluding hydrogens is 218 g/mol. The highest BCUT2D eigenvalue weighted by atomic mass is 16.5. The number of terminal acetylenes is 1. The number of fused-ring (bicyclic) bond motifs is 1. The second-order valence-electron chi connectivity index (χ2n) is 3.32. The highest BCUT2D eigenvalue weighted by molar-refractivity contribution is 5.98. The summed E-state index contributed by atoms with van der Waals surface area (Å²) in [5, 5.41) is 9.69. The Kier molecular flexibility index (Phi) is 2.93. The number of nitrogens with zero attached hydrogens (tertiary/aromatic N) is 1. The van der Waals surface area contributed by atoms with Crippen LogP contribution in [-0.4, -0.2) is 22.7 Å². The van der Waals surface area contributed by atoms with E-state index in [2.05, 4.69) is 10.9 Å². The lowest BCUT2D eigenvalue weighted by Gasteiger charge is -2.09. The van der Waals surface area contributed by atoms with E-state index in [1.165, 1.54) is 6.20 Å². The van der Waals surface area contributed by atoms with E-state index in [4.69, 9.17) is 16.3 Å². The number of carboxylic acids is 1. The number of pyridine rings is 1. The fourth-order valence-corrected chi connectivity index (χ4v) is 1.54. The Hall–Kier alpha value is -2.54. The minimum Gasteiger partial charge on any atom is -0.479 e. The molecule has 0 spiro atoms.